The van der Waals surface area contributed by atoms with Gasteiger partial charge in [0, 0.05) is 49.2 Å². The Morgan fingerprint density at radius 1 is 1.18 bits per heavy atom. The van der Waals surface area contributed by atoms with Crippen molar-refractivity contribution in [2.24, 2.45) is 0 Å². The SMILES string of the molecule is O=CCc1ccc(N2CCN(C(=O)c3cc([N+](=O)[O-])ccc3Br)CC2)c(F)c1. The zero-order chi connectivity index (χ0) is 20.3. The summed E-state index contributed by atoms with van der Waals surface area (Å²) >= 11 is 3.27. The number of carbonyl (C=O) groups excluding carboxylic acids is 2. The Labute approximate surface area is 169 Å². The van der Waals surface area contributed by atoms with Gasteiger partial charge in [-0.2, -0.15) is 0 Å². The molecule has 0 unspecified atom stereocenters. The molecule has 2 aromatic rings. The number of non-ortho nitro benzene ring substituents is 1. The highest BCUT2D eigenvalue weighted by Gasteiger charge is 2.26. The van der Waals surface area contributed by atoms with Gasteiger partial charge in [-0.05, 0) is 39.7 Å². The molecule has 146 valence electrons. The molecule has 1 amide bonds. The normalized spacial score (nSPS) is 14.1. The van der Waals surface area contributed by atoms with Crippen LogP contribution < -0.4 is 4.90 Å². The molecule has 0 bridgehead atoms. The van der Waals surface area contributed by atoms with E-state index in [9.17, 15) is 24.1 Å². The van der Waals surface area contributed by atoms with Crippen molar-refractivity contribution >= 4 is 39.5 Å². The number of rotatable bonds is 5. The molecule has 1 fully saturated rings. The van der Waals surface area contributed by atoms with E-state index in [2.05, 4.69) is 15.9 Å². The van der Waals surface area contributed by atoms with Crippen LogP contribution in [-0.4, -0.2) is 48.2 Å². The summed E-state index contributed by atoms with van der Waals surface area (Å²) in [7, 11) is 0. The van der Waals surface area contributed by atoms with E-state index < -0.39 is 10.7 Å². The van der Waals surface area contributed by atoms with Gasteiger partial charge in [0.15, 0.2) is 0 Å². The average Bonchev–Trinajstić information content (AvgIpc) is 2.68. The van der Waals surface area contributed by atoms with Crippen LogP contribution in [0.2, 0.25) is 0 Å². The van der Waals surface area contributed by atoms with Crippen molar-refractivity contribution < 1.29 is 18.9 Å². The molecule has 0 saturated carbocycles. The smallest absolute Gasteiger partial charge is 0.270 e. The fraction of sp³-hybridized carbons (Fsp3) is 0.263. The highest BCUT2D eigenvalue weighted by molar-refractivity contribution is 9.10. The Balaban J connectivity index is 1.70. The number of amides is 1. The molecule has 0 N–H and O–H groups in total. The van der Waals surface area contributed by atoms with Crippen LogP contribution in [0.1, 0.15) is 15.9 Å². The zero-order valence-corrected chi connectivity index (χ0v) is 16.4. The van der Waals surface area contributed by atoms with E-state index in [0.29, 0.717) is 41.9 Å². The minimum Gasteiger partial charge on any atom is -0.366 e. The molecule has 3 rings (SSSR count). The molecule has 0 atom stereocenters. The molecule has 2 aromatic carbocycles. The summed E-state index contributed by atoms with van der Waals surface area (Å²) < 4.78 is 14.8. The van der Waals surface area contributed by atoms with Crippen LogP contribution >= 0.6 is 15.9 Å². The first-order valence-corrected chi connectivity index (χ1v) is 9.40. The predicted octanol–water partition coefficient (Wildman–Crippen LogP) is 3.20. The molecule has 1 aliphatic rings. The molecular weight excluding hydrogens is 433 g/mol. The fourth-order valence-electron chi connectivity index (χ4n) is 3.14. The Morgan fingerprint density at radius 2 is 1.89 bits per heavy atom. The standard InChI is InChI=1S/C19H17BrFN3O4/c20-16-3-2-14(24(27)28)12-15(16)19(26)23-8-6-22(7-9-23)18-4-1-13(5-10-25)11-17(18)21/h1-4,10-12H,5-9H2. The van der Waals surface area contributed by atoms with Gasteiger partial charge in [0.2, 0.25) is 0 Å². The lowest BCUT2D eigenvalue weighted by Gasteiger charge is -2.36. The molecule has 0 aromatic heterocycles. The average molecular weight is 450 g/mol. The summed E-state index contributed by atoms with van der Waals surface area (Å²) in [6, 6.07) is 8.77. The highest BCUT2D eigenvalue weighted by atomic mass is 79.9. The van der Waals surface area contributed by atoms with E-state index in [1.54, 1.807) is 17.0 Å². The summed E-state index contributed by atoms with van der Waals surface area (Å²) in [5.41, 5.74) is 1.12. The van der Waals surface area contributed by atoms with Gasteiger partial charge < -0.3 is 14.6 Å². The van der Waals surface area contributed by atoms with Crippen LogP contribution in [0.4, 0.5) is 15.8 Å². The van der Waals surface area contributed by atoms with Crippen LogP contribution in [0.5, 0.6) is 0 Å². The van der Waals surface area contributed by atoms with Crippen molar-refractivity contribution in [1.82, 2.24) is 4.90 Å². The number of halogens is 2. The number of hydrogen-bond donors (Lipinski definition) is 0. The Kier molecular flexibility index (Phi) is 6.03. The molecule has 0 spiro atoms. The lowest BCUT2D eigenvalue weighted by molar-refractivity contribution is -0.384. The summed E-state index contributed by atoms with van der Waals surface area (Å²) in [6.07, 6.45) is 0.891. The number of nitro benzene ring substituents is 1. The van der Waals surface area contributed by atoms with Gasteiger partial charge in [-0.15, -0.1) is 0 Å². The minimum absolute atomic E-state index is 0.150. The maximum absolute atomic E-state index is 14.3. The maximum Gasteiger partial charge on any atom is 0.270 e. The zero-order valence-electron chi connectivity index (χ0n) is 14.8. The Bertz CT molecular complexity index is 929. The van der Waals surface area contributed by atoms with Gasteiger partial charge in [0.1, 0.15) is 12.1 Å². The number of hydrogen-bond acceptors (Lipinski definition) is 5. The van der Waals surface area contributed by atoms with Crippen molar-refractivity contribution in [3.63, 3.8) is 0 Å². The summed E-state index contributed by atoms with van der Waals surface area (Å²) in [5.74, 6) is -0.711. The van der Waals surface area contributed by atoms with E-state index in [1.165, 1.54) is 24.3 Å². The first-order chi connectivity index (χ1) is 13.4. The van der Waals surface area contributed by atoms with E-state index in [-0.39, 0.29) is 23.6 Å². The molecular formula is C19H17BrFN3O4. The molecule has 28 heavy (non-hydrogen) atoms. The highest BCUT2D eigenvalue weighted by Crippen LogP contribution is 2.26. The second-order valence-electron chi connectivity index (χ2n) is 6.36. The Morgan fingerprint density at radius 3 is 2.50 bits per heavy atom. The topological polar surface area (TPSA) is 83.8 Å². The van der Waals surface area contributed by atoms with Gasteiger partial charge in [-0.25, -0.2) is 4.39 Å². The fourth-order valence-corrected chi connectivity index (χ4v) is 3.56. The number of anilines is 1. The lowest BCUT2D eigenvalue weighted by Crippen LogP contribution is -2.49. The molecule has 9 heteroatoms. The molecule has 0 radical (unpaired) electrons. The van der Waals surface area contributed by atoms with E-state index in [4.69, 9.17) is 0 Å². The summed E-state index contributed by atoms with van der Waals surface area (Å²) in [6.45, 7) is 1.59. The second-order valence-corrected chi connectivity index (χ2v) is 7.21. The van der Waals surface area contributed by atoms with Crippen molar-refractivity contribution in [2.75, 3.05) is 31.1 Å². The predicted molar refractivity (Wildman–Crippen MR) is 105 cm³/mol. The third-order valence-electron chi connectivity index (χ3n) is 4.63. The minimum atomic E-state index is -0.543. The van der Waals surface area contributed by atoms with Crippen molar-refractivity contribution in [3.8, 4) is 0 Å². The van der Waals surface area contributed by atoms with Crippen LogP contribution in [0.15, 0.2) is 40.9 Å². The van der Waals surface area contributed by atoms with E-state index in [0.717, 1.165) is 6.29 Å². The summed E-state index contributed by atoms with van der Waals surface area (Å²) in [4.78, 5) is 37.2. The van der Waals surface area contributed by atoms with Gasteiger partial charge in [0.25, 0.3) is 11.6 Å². The van der Waals surface area contributed by atoms with E-state index >= 15 is 0 Å². The molecule has 1 aliphatic heterocycles. The number of piperazine rings is 1. The van der Waals surface area contributed by atoms with Crippen molar-refractivity contribution in [1.29, 1.82) is 0 Å². The third kappa shape index (κ3) is 4.19. The van der Waals surface area contributed by atoms with Crippen LogP contribution in [0, 0.1) is 15.9 Å². The van der Waals surface area contributed by atoms with Crippen LogP contribution in [0.25, 0.3) is 0 Å². The summed E-state index contributed by atoms with van der Waals surface area (Å²) in [5, 5.41) is 11.0. The van der Waals surface area contributed by atoms with Gasteiger partial charge in [-0.3, -0.25) is 14.9 Å². The van der Waals surface area contributed by atoms with Crippen LogP contribution in [0.3, 0.4) is 0 Å². The van der Waals surface area contributed by atoms with Crippen LogP contribution in [-0.2, 0) is 11.2 Å². The molecule has 0 aliphatic carbocycles. The monoisotopic (exact) mass is 449 g/mol. The van der Waals surface area contributed by atoms with Gasteiger partial charge in [-0.1, -0.05) is 6.07 Å². The number of nitrogens with zero attached hydrogens (tertiary/aromatic N) is 3. The molecule has 1 saturated heterocycles. The number of carbonyl (C=O) groups is 2. The largest absolute Gasteiger partial charge is 0.366 e. The number of aldehydes is 1. The third-order valence-corrected chi connectivity index (χ3v) is 5.32. The number of nitro groups is 1. The first-order valence-electron chi connectivity index (χ1n) is 8.61. The quantitative estimate of drug-likeness (QED) is 0.397. The van der Waals surface area contributed by atoms with E-state index in [1.807, 2.05) is 4.90 Å². The van der Waals surface area contributed by atoms with Crippen molar-refractivity contribution in [2.45, 2.75) is 6.42 Å². The second kappa shape index (κ2) is 8.47. The lowest BCUT2D eigenvalue weighted by atomic mass is 10.1. The van der Waals surface area contributed by atoms with Crippen molar-refractivity contribution in [3.05, 3.63) is 67.9 Å². The first kappa shape index (κ1) is 19.9. The maximum atomic E-state index is 14.3. The van der Waals surface area contributed by atoms with Gasteiger partial charge in [0.05, 0.1) is 16.2 Å². The molecule has 7 nitrogen and oxygen atoms in total. The molecule has 1 heterocycles. The Hall–Kier alpha value is -2.81. The van der Waals surface area contributed by atoms with Gasteiger partial charge >= 0.3 is 0 Å². The number of benzene rings is 2.